The van der Waals surface area contributed by atoms with Gasteiger partial charge in [-0.3, -0.25) is 4.79 Å². The molecule has 1 fully saturated rings. The molecule has 23 heavy (non-hydrogen) atoms. The first kappa shape index (κ1) is 15.5. The average Bonchev–Trinajstić information content (AvgIpc) is 3.10. The van der Waals surface area contributed by atoms with E-state index >= 15 is 0 Å². The number of hydrogen-bond acceptors (Lipinski definition) is 6. The van der Waals surface area contributed by atoms with E-state index in [1.165, 1.54) is 12.1 Å². The summed E-state index contributed by atoms with van der Waals surface area (Å²) in [5.41, 5.74) is 5.15. The first-order chi connectivity index (χ1) is 10.8. The quantitative estimate of drug-likeness (QED) is 0.849. The number of halogens is 3. The summed E-state index contributed by atoms with van der Waals surface area (Å²) in [6, 6.07) is 2.87. The number of hydrogen-bond donors (Lipinski definition) is 2. The third-order valence-electron chi connectivity index (χ3n) is 3.45. The highest BCUT2D eigenvalue weighted by molar-refractivity contribution is 5.79. The van der Waals surface area contributed by atoms with Crippen LogP contribution in [0.15, 0.2) is 12.1 Å². The fourth-order valence-corrected chi connectivity index (χ4v) is 2.34. The van der Waals surface area contributed by atoms with Crippen LogP contribution in [0.5, 0.6) is 0 Å². The lowest BCUT2D eigenvalue weighted by molar-refractivity contribution is -0.146. The van der Waals surface area contributed by atoms with Gasteiger partial charge < -0.3 is 15.8 Å². The number of fused-ring (bicyclic) bond motifs is 1. The summed E-state index contributed by atoms with van der Waals surface area (Å²) in [5, 5.41) is 13.2. The summed E-state index contributed by atoms with van der Waals surface area (Å²) < 4.78 is 44.4. The SMILES string of the molecule is NC(=O)C1CCC(CNc2ccc3nnc(C(F)(F)F)n3n2)O1. The Bertz CT molecular complexity index is 731. The van der Waals surface area contributed by atoms with Gasteiger partial charge in [-0.15, -0.1) is 15.3 Å². The van der Waals surface area contributed by atoms with Crippen molar-refractivity contribution in [3.8, 4) is 0 Å². The molecule has 0 bridgehead atoms. The molecule has 1 aliphatic heterocycles. The van der Waals surface area contributed by atoms with Gasteiger partial charge in [-0.05, 0) is 25.0 Å². The lowest BCUT2D eigenvalue weighted by atomic mass is 10.2. The maximum absolute atomic E-state index is 12.8. The van der Waals surface area contributed by atoms with Gasteiger partial charge in [-0.25, -0.2) is 0 Å². The molecule has 1 amide bonds. The second-order valence-corrected chi connectivity index (χ2v) is 5.12. The van der Waals surface area contributed by atoms with Crippen LogP contribution in [0.2, 0.25) is 0 Å². The Morgan fingerprint density at radius 3 is 2.83 bits per heavy atom. The van der Waals surface area contributed by atoms with Crippen LogP contribution in [-0.4, -0.2) is 44.5 Å². The molecule has 3 N–H and O–H groups in total. The smallest absolute Gasteiger partial charge is 0.367 e. The van der Waals surface area contributed by atoms with Crippen molar-refractivity contribution in [2.45, 2.75) is 31.2 Å². The van der Waals surface area contributed by atoms with E-state index in [-0.39, 0.29) is 17.6 Å². The highest BCUT2D eigenvalue weighted by Gasteiger charge is 2.37. The topological polar surface area (TPSA) is 107 Å². The van der Waals surface area contributed by atoms with Gasteiger partial charge in [0.1, 0.15) is 11.9 Å². The number of alkyl halides is 3. The first-order valence-corrected chi connectivity index (χ1v) is 6.83. The zero-order chi connectivity index (χ0) is 16.6. The highest BCUT2D eigenvalue weighted by atomic mass is 19.4. The fraction of sp³-hybridized carbons (Fsp3) is 0.500. The predicted molar refractivity (Wildman–Crippen MR) is 71.4 cm³/mol. The lowest BCUT2D eigenvalue weighted by Gasteiger charge is -2.13. The second-order valence-electron chi connectivity index (χ2n) is 5.12. The van der Waals surface area contributed by atoms with Gasteiger partial charge in [-0.1, -0.05) is 0 Å². The third kappa shape index (κ3) is 3.18. The van der Waals surface area contributed by atoms with Crippen molar-refractivity contribution < 1.29 is 22.7 Å². The van der Waals surface area contributed by atoms with Gasteiger partial charge in [0.2, 0.25) is 5.91 Å². The van der Waals surface area contributed by atoms with Crippen LogP contribution in [0.3, 0.4) is 0 Å². The van der Waals surface area contributed by atoms with Crippen molar-refractivity contribution >= 4 is 17.4 Å². The molecule has 2 aromatic heterocycles. The van der Waals surface area contributed by atoms with Gasteiger partial charge in [0.25, 0.3) is 5.82 Å². The van der Waals surface area contributed by atoms with E-state index in [4.69, 9.17) is 10.5 Å². The van der Waals surface area contributed by atoms with E-state index in [0.717, 1.165) is 0 Å². The molecule has 1 aliphatic rings. The number of anilines is 1. The molecular formula is C12H13F3N6O2. The van der Waals surface area contributed by atoms with Crippen molar-refractivity contribution in [2.75, 3.05) is 11.9 Å². The van der Waals surface area contributed by atoms with Crippen LogP contribution < -0.4 is 11.1 Å². The van der Waals surface area contributed by atoms with E-state index in [0.29, 0.717) is 23.9 Å². The molecule has 0 radical (unpaired) electrons. The van der Waals surface area contributed by atoms with Crippen LogP contribution in [0, 0.1) is 0 Å². The molecule has 1 saturated heterocycles. The Morgan fingerprint density at radius 1 is 1.39 bits per heavy atom. The molecule has 2 unspecified atom stereocenters. The van der Waals surface area contributed by atoms with Crippen molar-refractivity contribution in [2.24, 2.45) is 5.73 Å². The van der Waals surface area contributed by atoms with Gasteiger partial charge in [0, 0.05) is 6.54 Å². The monoisotopic (exact) mass is 330 g/mol. The summed E-state index contributed by atoms with van der Waals surface area (Å²) in [5.74, 6) is -1.50. The number of carbonyl (C=O) groups excluding carboxylic acids is 1. The zero-order valence-corrected chi connectivity index (χ0v) is 11.7. The van der Waals surface area contributed by atoms with Crippen LogP contribution in [0.4, 0.5) is 19.0 Å². The second kappa shape index (κ2) is 5.65. The van der Waals surface area contributed by atoms with E-state index in [1.807, 2.05) is 0 Å². The Hall–Kier alpha value is -2.43. The number of nitrogens with zero attached hydrogens (tertiary/aromatic N) is 4. The normalized spacial score (nSPS) is 21.7. The molecule has 0 spiro atoms. The number of nitrogens with two attached hydrogens (primary N) is 1. The molecule has 124 valence electrons. The number of ether oxygens (including phenoxy) is 1. The maximum atomic E-state index is 12.8. The van der Waals surface area contributed by atoms with Crippen molar-refractivity contribution in [1.82, 2.24) is 19.8 Å². The Kier molecular flexibility index (Phi) is 3.80. The third-order valence-corrected chi connectivity index (χ3v) is 3.45. The molecule has 11 heteroatoms. The fourth-order valence-electron chi connectivity index (χ4n) is 2.34. The molecule has 8 nitrogen and oxygen atoms in total. The Balaban J connectivity index is 1.70. The molecule has 2 atom stereocenters. The van der Waals surface area contributed by atoms with Crippen molar-refractivity contribution in [1.29, 1.82) is 0 Å². The number of amides is 1. The first-order valence-electron chi connectivity index (χ1n) is 6.83. The van der Waals surface area contributed by atoms with Crippen LogP contribution in [-0.2, 0) is 15.7 Å². The van der Waals surface area contributed by atoms with Gasteiger partial charge >= 0.3 is 6.18 Å². The highest BCUT2D eigenvalue weighted by Crippen LogP contribution is 2.27. The number of carbonyl (C=O) groups is 1. The lowest BCUT2D eigenvalue weighted by Crippen LogP contribution is -2.30. The molecule has 3 rings (SSSR count). The van der Waals surface area contributed by atoms with E-state index in [9.17, 15) is 18.0 Å². The summed E-state index contributed by atoms with van der Waals surface area (Å²) >= 11 is 0. The molecule has 3 heterocycles. The van der Waals surface area contributed by atoms with E-state index in [2.05, 4.69) is 20.6 Å². The van der Waals surface area contributed by atoms with Gasteiger partial charge in [0.15, 0.2) is 5.65 Å². The minimum atomic E-state index is -4.64. The predicted octanol–water partition coefficient (Wildman–Crippen LogP) is 0.588. The number of nitrogens with one attached hydrogen (secondary N) is 1. The minimum absolute atomic E-state index is 0.00576. The maximum Gasteiger partial charge on any atom is 0.453 e. The molecule has 0 saturated carbocycles. The van der Waals surface area contributed by atoms with Crippen LogP contribution in [0.1, 0.15) is 18.7 Å². The van der Waals surface area contributed by atoms with E-state index < -0.39 is 24.0 Å². The van der Waals surface area contributed by atoms with Crippen LogP contribution in [0.25, 0.3) is 5.65 Å². The number of rotatable bonds is 4. The average molecular weight is 330 g/mol. The van der Waals surface area contributed by atoms with E-state index in [1.54, 1.807) is 0 Å². The van der Waals surface area contributed by atoms with Crippen molar-refractivity contribution in [3.63, 3.8) is 0 Å². The number of aromatic nitrogens is 4. The number of primary amides is 1. The molecular weight excluding hydrogens is 317 g/mol. The van der Waals surface area contributed by atoms with Gasteiger partial charge in [-0.2, -0.15) is 17.7 Å². The minimum Gasteiger partial charge on any atom is -0.367 e. The summed E-state index contributed by atoms with van der Waals surface area (Å²) in [4.78, 5) is 11.0. The van der Waals surface area contributed by atoms with Crippen molar-refractivity contribution in [3.05, 3.63) is 18.0 Å². The molecule has 2 aromatic rings. The molecule has 0 aliphatic carbocycles. The largest absolute Gasteiger partial charge is 0.453 e. The Morgan fingerprint density at radius 2 is 2.17 bits per heavy atom. The zero-order valence-electron chi connectivity index (χ0n) is 11.7. The van der Waals surface area contributed by atoms with Crippen LogP contribution >= 0.6 is 0 Å². The summed E-state index contributed by atoms with van der Waals surface area (Å²) in [7, 11) is 0. The Labute approximate surface area is 127 Å². The van der Waals surface area contributed by atoms with Gasteiger partial charge in [0.05, 0.1) is 6.10 Å². The summed E-state index contributed by atoms with van der Waals surface area (Å²) in [6.45, 7) is 0.297. The standard InChI is InChI=1S/C12H13F3N6O2/c13-12(14,15)11-19-18-9-4-3-8(20-21(9)11)17-5-6-1-2-7(23-6)10(16)22/h3-4,6-7H,1-2,5H2,(H2,16,22)(H,17,20). The molecule has 0 aromatic carbocycles. The summed E-state index contributed by atoms with van der Waals surface area (Å²) in [6.07, 6.45) is -4.37.